The van der Waals surface area contributed by atoms with Crippen LogP contribution in [-0.4, -0.2) is 31.2 Å². The van der Waals surface area contributed by atoms with Gasteiger partial charge in [0.2, 0.25) is 5.91 Å². The summed E-state index contributed by atoms with van der Waals surface area (Å²) in [6.07, 6.45) is 11.3. The number of rotatable bonds is 7. The van der Waals surface area contributed by atoms with E-state index in [2.05, 4.69) is 29.5 Å². The first-order chi connectivity index (χ1) is 14.7. The Morgan fingerprint density at radius 3 is 2.50 bits per heavy atom. The molecule has 170 valence electrons. The first kappa shape index (κ1) is 30.7. The van der Waals surface area contributed by atoms with E-state index in [0.29, 0.717) is 11.7 Å². The quantitative estimate of drug-likeness (QED) is 0.135. The molecule has 0 aromatic heterocycles. The minimum atomic E-state index is -0.818. The number of esters is 1. The molecule has 8 heteroatoms. The molecule has 1 aliphatic rings. The molecule has 0 aliphatic heterocycles. The van der Waals surface area contributed by atoms with Gasteiger partial charge in [0.15, 0.2) is 0 Å². The Morgan fingerprint density at radius 2 is 2.06 bits per heavy atom. The molecule has 2 rings (SSSR count). The number of amides is 1. The number of carbonyl (C=O) groups excluding carboxylic acids is 2. The van der Waals surface area contributed by atoms with Crippen LogP contribution in [0.15, 0.2) is 53.3 Å². The summed E-state index contributed by atoms with van der Waals surface area (Å²) in [5.41, 5.74) is 11.6. The fraction of sp³-hybridized carbons (Fsp3) is 0.417. The smallest absolute Gasteiger partial charge is 0.468 e. The first-order valence-corrected chi connectivity index (χ1v) is 10.3. The van der Waals surface area contributed by atoms with Crippen LogP contribution in [0.4, 0.5) is 5.69 Å². The summed E-state index contributed by atoms with van der Waals surface area (Å²) in [7, 11) is 1.35. The number of nitrogens with two attached hydrogens (primary N) is 2. The Morgan fingerprint density at radius 1 is 1.38 bits per heavy atom. The molecule has 1 atom stereocenters. The van der Waals surface area contributed by atoms with Crippen molar-refractivity contribution in [1.29, 1.82) is 0 Å². The van der Waals surface area contributed by atoms with Gasteiger partial charge in [0.25, 0.3) is 0 Å². The molecule has 1 saturated carbocycles. The van der Waals surface area contributed by atoms with Crippen LogP contribution in [0.3, 0.4) is 0 Å². The van der Waals surface area contributed by atoms with Crippen LogP contribution in [-0.2, 0) is 19.7 Å². The topological polar surface area (TPSA) is 120 Å². The van der Waals surface area contributed by atoms with Gasteiger partial charge in [-0.05, 0) is 42.9 Å². The summed E-state index contributed by atoms with van der Waals surface area (Å²) in [4.78, 5) is 27.5. The van der Waals surface area contributed by atoms with Crippen molar-refractivity contribution in [2.45, 2.75) is 57.9 Å². The first-order valence-electron chi connectivity index (χ1n) is 10.3. The van der Waals surface area contributed by atoms with Gasteiger partial charge in [-0.3, -0.25) is 9.59 Å². The largest absolute Gasteiger partial charge is 1.00 e. The van der Waals surface area contributed by atoms with Crippen LogP contribution >= 0.6 is 0 Å². The van der Waals surface area contributed by atoms with Crippen molar-refractivity contribution in [2.24, 2.45) is 16.5 Å². The zero-order chi connectivity index (χ0) is 23.4. The minimum absolute atomic E-state index is 0. The molecule has 1 aromatic carbocycles. The van der Waals surface area contributed by atoms with Crippen LogP contribution in [0.25, 0.3) is 0 Å². The third kappa shape index (κ3) is 9.68. The molecule has 1 aliphatic carbocycles. The van der Waals surface area contributed by atoms with E-state index in [1.54, 1.807) is 39.0 Å². The van der Waals surface area contributed by atoms with Crippen molar-refractivity contribution in [1.82, 2.24) is 0 Å². The number of ether oxygens (including phenoxy) is 1. The summed E-state index contributed by atoms with van der Waals surface area (Å²) < 4.78 is 4.84. The van der Waals surface area contributed by atoms with E-state index < -0.39 is 11.3 Å². The van der Waals surface area contributed by atoms with Crippen molar-refractivity contribution >= 4 is 23.8 Å². The maximum absolute atomic E-state index is 12.0. The molecule has 0 spiro atoms. The zero-order valence-electron chi connectivity index (χ0n) is 19.9. The van der Waals surface area contributed by atoms with E-state index in [1.807, 2.05) is 6.07 Å². The van der Waals surface area contributed by atoms with Crippen LogP contribution in [0.5, 0.6) is 0 Å². The Labute approximate surface area is 234 Å². The second-order valence-corrected chi connectivity index (χ2v) is 7.67. The van der Waals surface area contributed by atoms with Gasteiger partial charge in [0.1, 0.15) is 0 Å². The predicted octanol–water partition coefficient (Wildman–Crippen LogP) is 0.496. The summed E-state index contributed by atoms with van der Waals surface area (Å²) in [5, 5.41) is 3.01. The van der Waals surface area contributed by atoms with Crippen molar-refractivity contribution < 1.29 is 65.7 Å². The molecular formula is C24H34KN4O3-. The molecule has 7 nitrogen and oxygen atoms in total. The molecule has 1 unspecified atom stereocenters. The summed E-state index contributed by atoms with van der Waals surface area (Å²) in [6, 6.07) is 7.59. The minimum Gasteiger partial charge on any atom is -0.468 e. The standard InChI is InChI=1S/C18H22N3O3.C6H12N.K/c1-6-14(15(19)22)16(20-7-2)21-13-10-8-9-12(11-13)18(3,4)17(23)24-5;7-6-4-2-1-3-5-6;/h6,8-11,21H,1H2,2-5H3,(H2,19,22);4,6H,1-3,5,7H2;/q2*-1;+1/b16-14-;;. The molecular weight excluding hydrogens is 431 g/mol. The number of nitrogens with one attached hydrogen (secondary N) is 1. The second kappa shape index (κ2) is 15.5. The van der Waals surface area contributed by atoms with Gasteiger partial charge in [-0.2, -0.15) is 12.6 Å². The average Bonchev–Trinajstić information content (AvgIpc) is 2.74. The van der Waals surface area contributed by atoms with Gasteiger partial charge in [-0.1, -0.05) is 44.1 Å². The van der Waals surface area contributed by atoms with E-state index in [4.69, 9.17) is 16.2 Å². The van der Waals surface area contributed by atoms with Crippen molar-refractivity contribution in [2.75, 3.05) is 12.4 Å². The van der Waals surface area contributed by atoms with Gasteiger partial charge >= 0.3 is 57.4 Å². The van der Waals surface area contributed by atoms with Crippen molar-refractivity contribution in [3.05, 3.63) is 60.3 Å². The van der Waals surface area contributed by atoms with E-state index in [0.717, 1.165) is 5.56 Å². The molecule has 5 N–H and O–H groups in total. The van der Waals surface area contributed by atoms with Crippen molar-refractivity contribution in [3.8, 4) is 0 Å². The number of benzene rings is 1. The molecule has 0 radical (unpaired) electrons. The summed E-state index contributed by atoms with van der Waals surface area (Å²) in [6.45, 7) is 8.71. The zero-order valence-corrected chi connectivity index (χ0v) is 23.0. The number of primary amides is 1. The maximum atomic E-state index is 12.0. The number of carbonyl (C=O) groups is 2. The molecule has 1 aromatic rings. The summed E-state index contributed by atoms with van der Waals surface area (Å²) >= 11 is 0. The molecule has 1 fully saturated rings. The van der Waals surface area contributed by atoms with Gasteiger partial charge in [0.05, 0.1) is 12.5 Å². The third-order valence-electron chi connectivity index (χ3n) is 4.95. The van der Waals surface area contributed by atoms with Gasteiger partial charge in [0, 0.05) is 5.69 Å². The molecule has 1 amide bonds. The Hall–Kier alpha value is -1.29. The number of methoxy groups -OCH3 is 1. The molecule has 32 heavy (non-hydrogen) atoms. The normalized spacial score (nSPS) is 16.6. The van der Waals surface area contributed by atoms with Crippen LogP contribution in [0.2, 0.25) is 0 Å². The van der Waals surface area contributed by atoms with Crippen LogP contribution in [0, 0.1) is 6.42 Å². The average molecular weight is 466 g/mol. The maximum Gasteiger partial charge on any atom is 1.00 e. The van der Waals surface area contributed by atoms with E-state index in [1.165, 1.54) is 38.9 Å². The van der Waals surface area contributed by atoms with Gasteiger partial charge < -0.3 is 32.9 Å². The predicted molar refractivity (Wildman–Crippen MR) is 125 cm³/mol. The van der Waals surface area contributed by atoms with Crippen molar-refractivity contribution in [3.63, 3.8) is 0 Å². The fourth-order valence-corrected chi connectivity index (χ4v) is 3.05. The van der Waals surface area contributed by atoms with Gasteiger partial charge in [-0.25, -0.2) is 0 Å². The summed E-state index contributed by atoms with van der Waals surface area (Å²) in [5.74, 6) is -0.773. The number of anilines is 1. The molecule has 0 bridgehead atoms. The van der Waals surface area contributed by atoms with E-state index in [-0.39, 0.29) is 68.7 Å². The Kier molecular flexibility index (Phi) is 14.9. The Bertz CT molecular complexity index is 828. The number of hydrogen-bond acceptors (Lipinski definition) is 6. The molecule has 0 saturated heterocycles. The van der Waals surface area contributed by atoms with E-state index in [9.17, 15) is 9.59 Å². The number of hydrogen-bond donors (Lipinski definition) is 3. The number of aliphatic imine (C=N–C) groups is 1. The number of nitrogens with zero attached hydrogens (tertiary/aromatic N) is 1. The monoisotopic (exact) mass is 465 g/mol. The van der Waals surface area contributed by atoms with E-state index >= 15 is 0 Å². The van der Waals surface area contributed by atoms with Crippen LogP contribution < -0.4 is 68.2 Å². The Balaban J connectivity index is 0.00000102. The van der Waals surface area contributed by atoms with Crippen LogP contribution in [0.1, 0.15) is 52.0 Å². The molecule has 0 heterocycles. The third-order valence-corrected chi connectivity index (χ3v) is 4.95. The fourth-order valence-electron chi connectivity index (χ4n) is 3.05. The second-order valence-electron chi connectivity index (χ2n) is 7.67. The van der Waals surface area contributed by atoms with Gasteiger partial charge in [-0.15, -0.1) is 13.0 Å². The SMILES string of the molecule is C=C/C(C(N)=O)=C(\N=[C-]C)Nc1cccc(C(C)(C)C(=O)OC)c1.NC1[CH-]CCCC1.[K+].